The van der Waals surface area contributed by atoms with Crippen molar-refractivity contribution in [1.29, 1.82) is 0 Å². The second-order valence-electron chi connectivity index (χ2n) is 4.35. The molecule has 0 bridgehead atoms. The summed E-state index contributed by atoms with van der Waals surface area (Å²) in [4.78, 5) is 23.5. The van der Waals surface area contributed by atoms with E-state index in [1.54, 1.807) is 0 Å². The summed E-state index contributed by atoms with van der Waals surface area (Å²) in [7, 11) is 0. The molecule has 120 valence electrons. The van der Waals surface area contributed by atoms with E-state index in [4.69, 9.17) is 0 Å². The number of carbonyl (C=O) groups is 2. The van der Waals surface area contributed by atoms with Crippen molar-refractivity contribution in [2.24, 2.45) is 0 Å². The number of hydrogen-bond donors (Lipinski definition) is 2. The topological polar surface area (TPSA) is 58.2 Å². The Hall–Kier alpha value is -2.48. The van der Waals surface area contributed by atoms with Crippen molar-refractivity contribution < 1.29 is 22.8 Å². The summed E-state index contributed by atoms with van der Waals surface area (Å²) in [6.45, 7) is 0. The van der Waals surface area contributed by atoms with Crippen molar-refractivity contribution in [3.8, 4) is 0 Å². The number of urea groups is 1. The van der Waals surface area contributed by atoms with Gasteiger partial charge in [-0.25, -0.2) is 18.0 Å². The molecule has 0 aliphatic carbocycles. The molecule has 0 aliphatic heterocycles. The first-order valence-corrected chi connectivity index (χ1v) is 7.37. The Bertz CT molecular complexity index is 740. The molecule has 0 fully saturated rings. The van der Waals surface area contributed by atoms with Gasteiger partial charge >= 0.3 is 6.03 Å². The summed E-state index contributed by atoms with van der Waals surface area (Å²) in [5, 5.41) is 4.20. The molecular weight excluding hydrogens is 329 g/mol. The number of carbonyl (C=O) groups excluding carboxylic acids is 2. The van der Waals surface area contributed by atoms with E-state index in [0.29, 0.717) is 4.90 Å². The van der Waals surface area contributed by atoms with E-state index < -0.39 is 29.4 Å². The van der Waals surface area contributed by atoms with Gasteiger partial charge in [-0.15, -0.1) is 11.8 Å². The van der Waals surface area contributed by atoms with Gasteiger partial charge in [-0.05, 0) is 30.3 Å². The number of imide groups is 1. The highest BCUT2D eigenvalue weighted by atomic mass is 32.2. The van der Waals surface area contributed by atoms with Crippen molar-refractivity contribution in [2.45, 2.75) is 4.90 Å². The molecule has 0 aliphatic rings. The minimum atomic E-state index is -1.02. The number of thioether (sulfide) groups is 1. The monoisotopic (exact) mass is 340 g/mol. The fourth-order valence-corrected chi connectivity index (χ4v) is 2.32. The van der Waals surface area contributed by atoms with Crippen LogP contribution in [0.5, 0.6) is 0 Å². The lowest BCUT2D eigenvalue weighted by molar-refractivity contribution is -0.117. The summed E-state index contributed by atoms with van der Waals surface area (Å²) in [5.74, 6) is -3.48. The summed E-state index contributed by atoms with van der Waals surface area (Å²) in [6, 6.07) is 7.82. The van der Waals surface area contributed by atoms with E-state index >= 15 is 0 Å². The van der Waals surface area contributed by atoms with E-state index in [9.17, 15) is 22.8 Å². The minimum Gasteiger partial charge on any atom is -0.305 e. The number of anilines is 1. The third-order valence-corrected chi connectivity index (χ3v) is 3.63. The van der Waals surface area contributed by atoms with Crippen LogP contribution in [0.3, 0.4) is 0 Å². The van der Waals surface area contributed by atoms with Crippen molar-refractivity contribution in [2.75, 3.05) is 11.1 Å². The van der Waals surface area contributed by atoms with Crippen LogP contribution in [0, 0.1) is 17.5 Å². The van der Waals surface area contributed by atoms with Crippen molar-refractivity contribution in [3.05, 3.63) is 59.9 Å². The summed E-state index contributed by atoms with van der Waals surface area (Å²) < 4.78 is 39.1. The molecule has 0 heterocycles. The number of hydrogen-bond acceptors (Lipinski definition) is 3. The van der Waals surface area contributed by atoms with Crippen molar-refractivity contribution in [1.82, 2.24) is 5.32 Å². The number of para-hydroxylation sites is 1. The zero-order valence-electron chi connectivity index (χ0n) is 11.6. The van der Waals surface area contributed by atoms with Crippen LogP contribution in [0.2, 0.25) is 0 Å². The van der Waals surface area contributed by atoms with Gasteiger partial charge in [-0.2, -0.15) is 0 Å². The van der Waals surface area contributed by atoms with Gasteiger partial charge in [0.25, 0.3) is 0 Å². The molecule has 0 unspecified atom stereocenters. The molecule has 0 saturated heterocycles. The van der Waals surface area contributed by atoms with Crippen LogP contribution in [-0.4, -0.2) is 17.7 Å². The normalized spacial score (nSPS) is 10.2. The average Bonchev–Trinajstić information content (AvgIpc) is 2.51. The van der Waals surface area contributed by atoms with Crippen LogP contribution in [0.4, 0.5) is 23.7 Å². The second kappa shape index (κ2) is 7.68. The molecule has 0 aromatic heterocycles. The molecule has 2 rings (SSSR count). The fraction of sp³-hybridized carbons (Fsp3) is 0.0667. The van der Waals surface area contributed by atoms with Gasteiger partial charge in [0.15, 0.2) is 11.6 Å². The highest BCUT2D eigenvalue weighted by Crippen LogP contribution is 2.20. The van der Waals surface area contributed by atoms with Crippen molar-refractivity contribution in [3.63, 3.8) is 0 Å². The van der Waals surface area contributed by atoms with Crippen molar-refractivity contribution >= 4 is 29.4 Å². The first kappa shape index (κ1) is 16.9. The smallest absolute Gasteiger partial charge is 0.305 e. The molecule has 2 aromatic carbocycles. The predicted octanol–water partition coefficient (Wildman–Crippen LogP) is 3.54. The summed E-state index contributed by atoms with van der Waals surface area (Å²) in [6.07, 6.45) is 0. The van der Waals surface area contributed by atoms with Crippen LogP contribution < -0.4 is 10.6 Å². The molecule has 2 N–H and O–H groups in total. The molecular formula is C15H11F3N2O2S. The zero-order valence-corrected chi connectivity index (χ0v) is 12.4. The van der Waals surface area contributed by atoms with E-state index in [1.807, 2.05) is 5.32 Å². The highest BCUT2D eigenvalue weighted by Gasteiger charge is 2.11. The quantitative estimate of drug-likeness (QED) is 0.837. The average molecular weight is 340 g/mol. The van der Waals surface area contributed by atoms with E-state index in [1.165, 1.54) is 24.3 Å². The van der Waals surface area contributed by atoms with Gasteiger partial charge in [0.05, 0.1) is 11.4 Å². The maximum absolute atomic E-state index is 13.3. The highest BCUT2D eigenvalue weighted by molar-refractivity contribution is 8.00. The third kappa shape index (κ3) is 5.03. The van der Waals surface area contributed by atoms with Gasteiger partial charge in [0.1, 0.15) is 5.82 Å². The molecule has 0 spiro atoms. The van der Waals surface area contributed by atoms with Crippen LogP contribution in [-0.2, 0) is 4.79 Å². The third-order valence-electron chi connectivity index (χ3n) is 2.64. The number of nitrogens with one attached hydrogen (secondary N) is 2. The summed E-state index contributed by atoms with van der Waals surface area (Å²) in [5.41, 5.74) is -0.0638. The van der Waals surface area contributed by atoms with Gasteiger partial charge in [0.2, 0.25) is 5.91 Å². The first-order chi connectivity index (χ1) is 11.0. The lowest BCUT2D eigenvalue weighted by Crippen LogP contribution is -2.35. The molecule has 8 heteroatoms. The number of amides is 3. The van der Waals surface area contributed by atoms with E-state index in [0.717, 1.165) is 30.0 Å². The SMILES string of the molecule is O=C(CSc1ccc(F)c(F)c1)NC(=O)Nc1ccccc1F. The minimum absolute atomic E-state index is 0.0638. The Morgan fingerprint density at radius 1 is 0.957 bits per heavy atom. The number of halogens is 3. The first-order valence-electron chi connectivity index (χ1n) is 6.39. The number of benzene rings is 2. The van der Waals surface area contributed by atoms with E-state index in [-0.39, 0.29) is 11.4 Å². The molecule has 3 amide bonds. The van der Waals surface area contributed by atoms with Gasteiger partial charge in [-0.1, -0.05) is 12.1 Å². The molecule has 0 saturated carbocycles. The summed E-state index contributed by atoms with van der Waals surface area (Å²) >= 11 is 0.930. The van der Waals surface area contributed by atoms with Crippen LogP contribution in [0.25, 0.3) is 0 Å². The zero-order chi connectivity index (χ0) is 16.8. The molecule has 0 radical (unpaired) electrons. The van der Waals surface area contributed by atoms with Gasteiger partial charge in [-0.3, -0.25) is 10.1 Å². The van der Waals surface area contributed by atoms with Crippen LogP contribution in [0.15, 0.2) is 47.4 Å². The second-order valence-corrected chi connectivity index (χ2v) is 5.40. The standard InChI is InChI=1S/C15H11F3N2O2S/c16-10-6-5-9(7-12(10)18)23-8-14(21)20-15(22)19-13-4-2-1-3-11(13)17/h1-7H,8H2,(H2,19,20,21,22). The predicted molar refractivity (Wildman–Crippen MR) is 80.6 cm³/mol. The lowest BCUT2D eigenvalue weighted by Gasteiger charge is -2.07. The Morgan fingerprint density at radius 2 is 1.70 bits per heavy atom. The van der Waals surface area contributed by atoms with Gasteiger partial charge < -0.3 is 5.32 Å². The molecule has 0 atom stereocenters. The Kier molecular flexibility index (Phi) is 5.64. The van der Waals surface area contributed by atoms with Crippen LogP contribution >= 0.6 is 11.8 Å². The fourth-order valence-electron chi connectivity index (χ4n) is 1.59. The molecule has 2 aromatic rings. The number of rotatable bonds is 4. The Morgan fingerprint density at radius 3 is 2.39 bits per heavy atom. The van der Waals surface area contributed by atoms with Crippen LogP contribution in [0.1, 0.15) is 0 Å². The maximum Gasteiger partial charge on any atom is 0.325 e. The lowest BCUT2D eigenvalue weighted by atomic mass is 10.3. The largest absolute Gasteiger partial charge is 0.325 e. The molecule has 23 heavy (non-hydrogen) atoms. The van der Waals surface area contributed by atoms with E-state index in [2.05, 4.69) is 5.32 Å². The Balaban J connectivity index is 1.83. The molecule has 4 nitrogen and oxygen atoms in total. The van der Waals surface area contributed by atoms with Gasteiger partial charge in [0, 0.05) is 4.90 Å². The Labute approximate surface area is 134 Å². The maximum atomic E-state index is 13.3.